The van der Waals surface area contributed by atoms with Crippen LogP contribution in [-0.2, 0) is 16.1 Å². The van der Waals surface area contributed by atoms with Crippen molar-refractivity contribution >= 4 is 12.0 Å². The average molecular weight is 291 g/mol. The van der Waals surface area contributed by atoms with Gasteiger partial charge in [-0.25, -0.2) is 4.79 Å². The van der Waals surface area contributed by atoms with E-state index in [4.69, 9.17) is 9.84 Å². The maximum absolute atomic E-state index is 10.7. The van der Waals surface area contributed by atoms with E-state index in [-0.39, 0.29) is 18.8 Å². The zero-order valence-corrected chi connectivity index (χ0v) is 12.1. The van der Waals surface area contributed by atoms with Crippen LogP contribution in [0.5, 0.6) is 0 Å². The molecule has 2 unspecified atom stereocenters. The van der Waals surface area contributed by atoms with Gasteiger partial charge in [0.05, 0.1) is 19.3 Å². The Bertz CT molecular complexity index is 515. The number of morpholine rings is 1. The topological polar surface area (TPSA) is 70.0 Å². The molecule has 0 aliphatic carbocycles. The first-order chi connectivity index (χ1) is 10.1. The van der Waals surface area contributed by atoms with Crippen LogP contribution in [0.2, 0.25) is 0 Å². The van der Waals surface area contributed by atoms with Crippen molar-refractivity contribution < 1.29 is 19.7 Å². The van der Waals surface area contributed by atoms with Gasteiger partial charge in [0.2, 0.25) is 0 Å². The van der Waals surface area contributed by atoms with E-state index in [0.717, 1.165) is 17.2 Å². The Balaban J connectivity index is 2.13. The highest BCUT2D eigenvalue weighted by molar-refractivity contribution is 5.85. The molecule has 5 heteroatoms. The molecule has 2 rings (SSSR count). The van der Waals surface area contributed by atoms with Crippen molar-refractivity contribution in [2.24, 2.45) is 0 Å². The Morgan fingerprint density at radius 2 is 2.24 bits per heavy atom. The molecule has 1 aromatic rings. The summed E-state index contributed by atoms with van der Waals surface area (Å²) in [6, 6.07) is 8.01. The minimum Gasteiger partial charge on any atom is -0.478 e. The van der Waals surface area contributed by atoms with E-state index in [1.165, 1.54) is 0 Å². The highest BCUT2D eigenvalue weighted by Gasteiger charge is 2.25. The van der Waals surface area contributed by atoms with Gasteiger partial charge in [-0.2, -0.15) is 0 Å². The Morgan fingerprint density at radius 1 is 1.48 bits per heavy atom. The molecule has 0 amide bonds. The molecule has 0 saturated carbocycles. The zero-order valence-electron chi connectivity index (χ0n) is 12.1. The number of benzene rings is 1. The number of carbonyl (C=O) groups is 1. The zero-order chi connectivity index (χ0) is 15.2. The van der Waals surface area contributed by atoms with Crippen molar-refractivity contribution in [2.75, 3.05) is 19.8 Å². The third-order valence-electron chi connectivity index (χ3n) is 3.67. The van der Waals surface area contributed by atoms with E-state index in [9.17, 15) is 9.90 Å². The number of hydrogen-bond acceptors (Lipinski definition) is 4. The third kappa shape index (κ3) is 4.39. The van der Waals surface area contributed by atoms with Crippen LogP contribution in [0.3, 0.4) is 0 Å². The number of rotatable bonds is 5. The lowest BCUT2D eigenvalue weighted by Crippen LogP contribution is -2.48. The van der Waals surface area contributed by atoms with Crippen LogP contribution in [0.25, 0.3) is 6.08 Å². The molecule has 2 N–H and O–H groups in total. The van der Waals surface area contributed by atoms with Crippen molar-refractivity contribution in [3.8, 4) is 0 Å². The minimum atomic E-state index is -0.954. The highest BCUT2D eigenvalue weighted by Crippen LogP contribution is 2.18. The van der Waals surface area contributed by atoms with Crippen LogP contribution < -0.4 is 0 Å². The van der Waals surface area contributed by atoms with Crippen molar-refractivity contribution in [3.63, 3.8) is 0 Å². The van der Waals surface area contributed by atoms with E-state index < -0.39 is 5.97 Å². The van der Waals surface area contributed by atoms with Crippen LogP contribution in [0, 0.1) is 0 Å². The third-order valence-corrected chi connectivity index (χ3v) is 3.67. The van der Waals surface area contributed by atoms with Gasteiger partial charge in [0.25, 0.3) is 0 Å². The summed E-state index contributed by atoms with van der Waals surface area (Å²) in [6.07, 6.45) is 2.62. The molecular weight excluding hydrogens is 270 g/mol. The molecule has 0 aromatic heterocycles. The van der Waals surface area contributed by atoms with Gasteiger partial charge in [-0.1, -0.05) is 24.3 Å². The van der Waals surface area contributed by atoms with E-state index in [1.54, 1.807) is 6.08 Å². The van der Waals surface area contributed by atoms with Gasteiger partial charge in [0.15, 0.2) is 0 Å². The predicted octanol–water partition coefficient (Wildman–Crippen LogP) is 1.37. The summed E-state index contributed by atoms with van der Waals surface area (Å²) in [5.41, 5.74) is 1.97. The number of hydrogen-bond donors (Lipinski definition) is 2. The van der Waals surface area contributed by atoms with Crippen LogP contribution >= 0.6 is 0 Å². The van der Waals surface area contributed by atoms with Gasteiger partial charge in [0.1, 0.15) is 0 Å². The molecule has 0 radical (unpaired) electrons. The predicted molar refractivity (Wildman–Crippen MR) is 79.8 cm³/mol. The quantitative estimate of drug-likeness (QED) is 0.802. The lowest BCUT2D eigenvalue weighted by molar-refractivity contribution is -0.131. The first-order valence-electron chi connectivity index (χ1n) is 7.05. The van der Waals surface area contributed by atoms with Gasteiger partial charge >= 0.3 is 5.97 Å². The summed E-state index contributed by atoms with van der Waals surface area (Å²) in [5, 5.41) is 18.0. The second kappa shape index (κ2) is 7.36. The SMILES string of the molecule is CC1COC(CO)CN1Cc1ccccc1/C=C/C(=O)O. The summed E-state index contributed by atoms with van der Waals surface area (Å²) in [6.45, 7) is 4.08. The number of aliphatic hydroxyl groups is 1. The van der Waals surface area contributed by atoms with E-state index in [1.807, 2.05) is 24.3 Å². The van der Waals surface area contributed by atoms with E-state index >= 15 is 0 Å². The summed E-state index contributed by atoms with van der Waals surface area (Å²) in [4.78, 5) is 12.9. The maximum Gasteiger partial charge on any atom is 0.328 e. The molecule has 0 spiro atoms. The van der Waals surface area contributed by atoms with Gasteiger partial charge < -0.3 is 14.9 Å². The van der Waals surface area contributed by atoms with Crippen molar-refractivity contribution in [1.29, 1.82) is 0 Å². The highest BCUT2D eigenvalue weighted by atomic mass is 16.5. The smallest absolute Gasteiger partial charge is 0.328 e. The monoisotopic (exact) mass is 291 g/mol. The standard InChI is InChI=1S/C16H21NO4/c1-12-11-21-15(10-18)9-17(12)8-14-5-3-2-4-13(14)6-7-16(19)20/h2-7,12,15,18H,8-11H2,1H3,(H,19,20)/b7-6+. The van der Waals surface area contributed by atoms with E-state index in [0.29, 0.717) is 19.7 Å². The first-order valence-corrected chi connectivity index (χ1v) is 7.05. The molecule has 1 aliphatic rings. The summed E-state index contributed by atoms with van der Waals surface area (Å²) in [5.74, 6) is -0.954. The van der Waals surface area contributed by atoms with Crippen LogP contribution in [0.4, 0.5) is 0 Å². The summed E-state index contributed by atoms with van der Waals surface area (Å²) in [7, 11) is 0. The van der Waals surface area contributed by atoms with Crippen LogP contribution in [-0.4, -0.2) is 53.0 Å². The van der Waals surface area contributed by atoms with Gasteiger partial charge in [-0.05, 0) is 24.1 Å². The van der Waals surface area contributed by atoms with Gasteiger partial charge in [-0.15, -0.1) is 0 Å². The molecule has 1 heterocycles. The molecular formula is C16H21NO4. The molecule has 2 atom stereocenters. The number of carboxylic acid groups (broad SMARTS) is 1. The number of aliphatic hydroxyl groups excluding tert-OH is 1. The maximum atomic E-state index is 10.7. The molecule has 0 bridgehead atoms. The Labute approximate surface area is 124 Å². The second-order valence-corrected chi connectivity index (χ2v) is 5.29. The normalized spacial score (nSPS) is 23.5. The molecule has 1 fully saturated rings. The number of carboxylic acids is 1. The molecule has 21 heavy (non-hydrogen) atoms. The molecule has 1 aliphatic heterocycles. The minimum absolute atomic E-state index is 0.0176. The van der Waals surface area contributed by atoms with Crippen LogP contribution in [0.1, 0.15) is 18.1 Å². The number of ether oxygens (including phenoxy) is 1. The number of aliphatic carboxylic acids is 1. The fourth-order valence-electron chi connectivity index (χ4n) is 2.43. The second-order valence-electron chi connectivity index (χ2n) is 5.29. The lowest BCUT2D eigenvalue weighted by Gasteiger charge is -2.37. The Kier molecular flexibility index (Phi) is 5.50. The van der Waals surface area contributed by atoms with Crippen molar-refractivity contribution in [3.05, 3.63) is 41.5 Å². The summed E-state index contributed by atoms with van der Waals surface area (Å²) < 4.78 is 5.53. The van der Waals surface area contributed by atoms with Crippen LogP contribution in [0.15, 0.2) is 30.3 Å². The number of nitrogens with zero attached hydrogens (tertiary/aromatic N) is 1. The fraction of sp³-hybridized carbons (Fsp3) is 0.438. The van der Waals surface area contributed by atoms with Gasteiger partial charge in [-0.3, -0.25) is 4.90 Å². The van der Waals surface area contributed by atoms with E-state index in [2.05, 4.69) is 11.8 Å². The van der Waals surface area contributed by atoms with Crippen molar-refractivity contribution in [1.82, 2.24) is 4.90 Å². The fourth-order valence-corrected chi connectivity index (χ4v) is 2.43. The Morgan fingerprint density at radius 3 is 2.95 bits per heavy atom. The first kappa shape index (κ1) is 15.7. The molecule has 5 nitrogen and oxygen atoms in total. The van der Waals surface area contributed by atoms with Gasteiger partial charge in [0, 0.05) is 25.2 Å². The summed E-state index contributed by atoms with van der Waals surface area (Å²) >= 11 is 0. The molecule has 1 aromatic carbocycles. The molecule has 114 valence electrons. The largest absolute Gasteiger partial charge is 0.478 e. The average Bonchev–Trinajstić information content (AvgIpc) is 2.48. The lowest BCUT2D eigenvalue weighted by atomic mass is 10.0. The molecule has 1 saturated heterocycles. The Hall–Kier alpha value is -1.69. The van der Waals surface area contributed by atoms with Crippen molar-refractivity contribution in [2.45, 2.75) is 25.6 Å².